The fourth-order valence-electron chi connectivity index (χ4n) is 3.32. The number of allylic oxidation sites excluding steroid dienone is 8. The maximum atomic E-state index is 3.54. The van der Waals surface area contributed by atoms with Crippen molar-refractivity contribution in [3.8, 4) is 0 Å². The van der Waals surface area contributed by atoms with E-state index in [-0.39, 0.29) is 26.2 Å². The summed E-state index contributed by atoms with van der Waals surface area (Å²) in [5.74, 6) is 0. The minimum Gasteiger partial charge on any atom is -0.250 e. The number of hydrogen-bond acceptors (Lipinski definition) is 0. The minimum atomic E-state index is 0. The van der Waals surface area contributed by atoms with E-state index < -0.39 is 0 Å². The summed E-state index contributed by atoms with van der Waals surface area (Å²) < 4.78 is 0. The predicted octanol–water partition coefficient (Wildman–Crippen LogP) is 8.85. The monoisotopic (exact) mass is 444 g/mol. The second kappa shape index (κ2) is 17.9. The van der Waals surface area contributed by atoms with E-state index in [0.29, 0.717) is 0 Å². The van der Waals surface area contributed by atoms with Crippen LogP contribution in [-0.4, -0.2) is 0 Å². The van der Waals surface area contributed by atoms with Crippen molar-refractivity contribution in [2.75, 3.05) is 0 Å². The number of rotatable bonds is 12. The predicted molar refractivity (Wildman–Crippen MR) is 117 cm³/mol. The van der Waals surface area contributed by atoms with Crippen LogP contribution in [0.3, 0.4) is 0 Å². The van der Waals surface area contributed by atoms with Crippen LogP contribution >= 0.6 is 0 Å². The van der Waals surface area contributed by atoms with Crippen LogP contribution in [-0.2, 0) is 26.2 Å². The van der Waals surface area contributed by atoms with Crippen LogP contribution in [0.25, 0.3) is 0 Å². The van der Waals surface area contributed by atoms with Gasteiger partial charge in [-0.3, -0.25) is 0 Å². The van der Waals surface area contributed by atoms with E-state index in [1.165, 1.54) is 112 Å². The Labute approximate surface area is 189 Å². The van der Waals surface area contributed by atoms with Gasteiger partial charge in [-0.15, -0.1) is 0 Å². The third-order valence-electron chi connectivity index (χ3n) is 5.13. The Morgan fingerprint density at radius 3 is 1.26 bits per heavy atom. The zero-order chi connectivity index (χ0) is 19.0. The van der Waals surface area contributed by atoms with E-state index in [0.717, 1.165) is 0 Å². The molecular formula is C26H42Zr. The summed E-state index contributed by atoms with van der Waals surface area (Å²) in [6.07, 6.45) is 29.7. The third kappa shape index (κ3) is 12.8. The van der Waals surface area contributed by atoms with Crippen LogP contribution in [0.2, 0.25) is 0 Å². The van der Waals surface area contributed by atoms with Gasteiger partial charge in [0.2, 0.25) is 0 Å². The first kappa shape index (κ1) is 26.8. The fraction of sp³-hybridized carbons (Fsp3) is 0.692. The molecule has 0 aliphatic heterocycles. The van der Waals surface area contributed by atoms with Gasteiger partial charge >= 0.3 is 26.2 Å². The van der Waals surface area contributed by atoms with Gasteiger partial charge in [-0.1, -0.05) is 118 Å². The normalized spacial score (nSPS) is 15.3. The molecule has 2 rings (SSSR count). The zero-order valence-electron chi connectivity index (χ0n) is 18.6. The van der Waals surface area contributed by atoms with Gasteiger partial charge in [-0.05, 0) is 0 Å². The van der Waals surface area contributed by atoms with Crippen LogP contribution in [0.4, 0.5) is 0 Å². The van der Waals surface area contributed by atoms with Crippen molar-refractivity contribution in [3.05, 3.63) is 46.6 Å². The second-order valence-corrected chi connectivity index (χ2v) is 7.74. The zero-order valence-corrected chi connectivity index (χ0v) is 21.0. The molecule has 0 aromatic carbocycles. The Bertz CT molecular complexity index is 444. The number of unbranched alkanes of at least 4 members (excludes halogenated alkanes) is 4. The van der Waals surface area contributed by atoms with Crippen molar-refractivity contribution in [1.82, 2.24) is 0 Å². The van der Waals surface area contributed by atoms with E-state index >= 15 is 0 Å². The van der Waals surface area contributed by atoms with Gasteiger partial charge in [0.05, 0.1) is 0 Å². The average molecular weight is 446 g/mol. The fourth-order valence-corrected chi connectivity index (χ4v) is 3.32. The van der Waals surface area contributed by atoms with Gasteiger partial charge in [0.25, 0.3) is 0 Å². The van der Waals surface area contributed by atoms with Crippen LogP contribution in [0.1, 0.15) is 118 Å². The molecule has 0 amide bonds. The quantitative estimate of drug-likeness (QED) is 0.263. The van der Waals surface area contributed by atoms with Crippen molar-refractivity contribution in [3.63, 3.8) is 0 Å². The van der Waals surface area contributed by atoms with E-state index in [2.05, 4.69) is 52.0 Å². The SMILES string of the molecule is CCCCC1=[C-]C(CCCC)=CC1.CCCCC1=[C-]C(CCCC)=CC1.[Zr+2]. The molecule has 0 spiro atoms. The summed E-state index contributed by atoms with van der Waals surface area (Å²) in [4.78, 5) is 0. The summed E-state index contributed by atoms with van der Waals surface area (Å²) in [6.45, 7) is 9.00. The van der Waals surface area contributed by atoms with Gasteiger partial charge in [-0.2, -0.15) is 11.1 Å². The largest absolute Gasteiger partial charge is 2.00 e. The molecule has 0 N–H and O–H groups in total. The topological polar surface area (TPSA) is 0 Å². The average Bonchev–Trinajstić information content (AvgIpc) is 3.31. The standard InChI is InChI=1S/2C13H21.Zr/c2*1-3-5-7-12-9-10-13(11-12)8-6-4-2;/h2*9H,3-8,10H2,1-2H3;/q2*-1;+2. The van der Waals surface area contributed by atoms with E-state index in [9.17, 15) is 0 Å². The Morgan fingerprint density at radius 2 is 0.926 bits per heavy atom. The molecule has 0 heterocycles. The van der Waals surface area contributed by atoms with Crippen LogP contribution in [0.15, 0.2) is 34.4 Å². The van der Waals surface area contributed by atoms with Crippen LogP contribution in [0.5, 0.6) is 0 Å². The molecule has 0 unspecified atom stereocenters. The Hall–Kier alpha value is -0.157. The molecule has 150 valence electrons. The molecule has 0 aromatic heterocycles. The number of hydrogen-bond donors (Lipinski definition) is 0. The van der Waals surface area contributed by atoms with Crippen LogP contribution in [0, 0.1) is 12.2 Å². The summed E-state index contributed by atoms with van der Waals surface area (Å²) in [7, 11) is 0. The summed E-state index contributed by atoms with van der Waals surface area (Å²) in [5, 5.41) is 0. The molecule has 0 saturated heterocycles. The first-order valence-electron chi connectivity index (χ1n) is 11.3. The molecule has 0 aromatic rings. The van der Waals surface area contributed by atoms with Crippen molar-refractivity contribution in [2.45, 2.75) is 118 Å². The summed E-state index contributed by atoms with van der Waals surface area (Å²) in [6, 6.07) is 0. The van der Waals surface area contributed by atoms with E-state index in [1.54, 1.807) is 0 Å². The van der Waals surface area contributed by atoms with E-state index in [1.807, 2.05) is 0 Å². The summed E-state index contributed by atoms with van der Waals surface area (Å²) in [5.41, 5.74) is 6.00. The van der Waals surface area contributed by atoms with Crippen molar-refractivity contribution < 1.29 is 26.2 Å². The molecule has 0 atom stereocenters. The molecule has 0 saturated carbocycles. The molecule has 0 fully saturated rings. The van der Waals surface area contributed by atoms with E-state index in [4.69, 9.17) is 0 Å². The smallest absolute Gasteiger partial charge is 0.250 e. The Balaban J connectivity index is 0.000000483. The minimum absolute atomic E-state index is 0. The molecule has 27 heavy (non-hydrogen) atoms. The molecule has 2 aliphatic rings. The molecule has 0 bridgehead atoms. The first-order valence-corrected chi connectivity index (χ1v) is 11.3. The molecule has 0 radical (unpaired) electrons. The summed E-state index contributed by atoms with van der Waals surface area (Å²) >= 11 is 0. The first-order chi connectivity index (χ1) is 12.7. The maximum absolute atomic E-state index is 3.54. The molecule has 0 nitrogen and oxygen atoms in total. The van der Waals surface area contributed by atoms with Gasteiger partial charge in [0, 0.05) is 0 Å². The van der Waals surface area contributed by atoms with Crippen molar-refractivity contribution in [1.29, 1.82) is 0 Å². The Kier molecular flexibility index (Phi) is 17.8. The molecular weight excluding hydrogens is 404 g/mol. The van der Waals surface area contributed by atoms with Crippen LogP contribution < -0.4 is 0 Å². The van der Waals surface area contributed by atoms with Gasteiger partial charge in [0.15, 0.2) is 0 Å². The molecule has 1 heteroatoms. The molecule has 2 aliphatic carbocycles. The third-order valence-corrected chi connectivity index (χ3v) is 5.13. The maximum Gasteiger partial charge on any atom is 2.00 e. The Morgan fingerprint density at radius 1 is 0.593 bits per heavy atom. The van der Waals surface area contributed by atoms with Crippen molar-refractivity contribution in [2.24, 2.45) is 0 Å². The second-order valence-electron chi connectivity index (χ2n) is 7.74. The van der Waals surface area contributed by atoms with Gasteiger partial charge in [-0.25, -0.2) is 35.5 Å². The van der Waals surface area contributed by atoms with Gasteiger partial charge < -0.3 is 0 Å². The van der Waals surface area contributed by atoms with Crippen molar-refractivity contribution >= 4 is 0 Å². The van der Waals surface area contributed by atoms with Gasteiger partial charge in [0.1, 0.15) is 0 Å².